The zero-order chi connectivity index (χ0) is 12.5. The minimum absolute atomic E-state index is 0.138. The first-order valence-electron chi connectivity index (χ1n) is 5.70. The summed E-state index contributed by atoms with van der Waals surface area (Å²) in [6.45, 7) is 2.80. The molecule has 0 spiro atoms. The number of hydrogen-bond donors (Lipinski definition) is 2. The maximum Gasteiger partial charge on any atom is 0.257 e. The van der Waals surface area contributed by atoms with Gasteiger partial charge in [-0.3, -0.25) is 10.1 Å². The molecule has 2 heterocycles. The van der Waals surface area contributed by atoms with E-state index in [0.29, 0.717) is 10.7 Å². The Hall–Kier alpha value is -1.95. The number of aromatic nitrogens is 2. The lowest BCUT2D eigenvalue weighted by atomic mass is 10.1. The van der Waals surface area contributed by atoms with E-state index in [2.05, 4.69) is 20.8 Å². The molecule has 0 unspecified atom stereocenters. The third-order valence-corrected chi connectivity index (χ3v) is 3.58. The number of aryl methyl sites for hydroxylation is 1. The van der Waals surface area contributed by atoms with Crippen molar-refractivity contribution in [3.63, 3.8) is 0 Å². The Kier molecular flexibility index (Phi) is 2.71. The average Bonchev–Trinajstić information content (AvgIpc) is 2.96. The van der Waals surface area contributed by atoms with E-state index in [4.69, 9.17) is 0 Å². The first kappa shape index (κ1) is 11.2. The molecule has 92 valence electrons. The summed E-state index contributed by atoms with van der Waals surface area (Å²) in [5, 5.41) is 15.1. The molecule has 18 heavy (non-hydrogen) atoms. The van der Waals surface area contributed by atoms with Crippen molar-refractivity contribution < 1.29 is 4.79 Å². The first-order chi connectivity index (χ1) is 8.72. The molecule has 6 heteroatoms. The summed E-state index contributed by atoms with van der Waals surface area (Å²) >= 11 is 1.37. The van der Waals surface area contributed by atoms with Crippen molar-refractivity contribution in [2.45, 2.75) is 13.3 Å². The number of benzene rings is 1. The lowest BCUT2D eigenvalue weighted by Crippen LogP contribution is -2.11. The first-order valence-corrected chi connectivity index (χ1v) is 6.52. The normalized spacial score (nSPS) is 12.9. The number of nitrogens with zero attached hydrogens (tertiary/aromatic N) is 2. The number of nitrogens with one attached hydrogen (secondary N) is 2. The molecular formula is C12H12N4OS. The second-order valence-electron chi connectivity index (χ2n) is 4.13. The number of fused-ring (bicyclic) bond motifs is 1. The molecule has 5 nitrogen and oxygen atoms in total. The van der Waals surface area contributed by atoms with Crippen LogP contribution >= 0.6 is 11.3 Å². The molecular weight excluding hydrogens is 248 g/mol. The van der Waals surface area contributed by atoms with Crippen LogP contribution in [0.2, 0.25) is 0 Å². The fourth-order valence-electron chi connectivity index (χ4n) is 1.96. The van der Waals surface area contributed by atoms with Gasteiger partial charge in [-0.15, -0.1) is 10.2 Å². The topological polar surface area (TPSA) is 66.9 Å². The van der Waals surface area contributed by atoms with E-state index in [1.807, 2.05) is 25.1 Å². The Labute approximate surface area is 108 Å². The number of amides is 1. The quantitative estimate of drug-likeness (QED) is 0.867. The van der Waals surface area contributed by atoms with E-state index in [0.717, 1.165) is 23.7 Å². The number of hydrogen-bond acceptors (Lipinski definition) is 5. The van der Waals surface area contributed by atoms with E-state index >= 15 is 0 Å². The van der Waals surface area contributed by atoms with Crippen LogP contribution in [0, 0.1) is 6.92 Å². The summed E-state index contributed by atoms with van der Waals surface area (Å²) in [5.41, 5.74) is 2.97. The van der Waals surface area contributed by atoms with Gasteiger partial charge in [0.15, 0.2) is 0 Å². The molecule has 3 rings (SSSR count). The van der Waals surface area contributed by atoms with Crippen molar-refractivity contribution in [3.05, 3.63) is 34.3 Å². The van der Waals surface area contributed by atoms with Crippen molar-refractivity contribution in [2.75, 3.05) is 17.2 Å². The minimum atomic E-state index is -0.138. The second-order valence-corrected chi connectivity index (χ2v) is 5.31. The van der Waals surface area contributed by atoms with E-state index in [-0.39, 0.29) is 5.91 Å². The van der Waals surface area contributed by atoms with Crippen molar-refractivity contribution in [1.29, 1.82) is 0 Å². The zero-order valence-electron chi connectivity index (χ0n) is 9.86. The molecule has 0 fully saturated rings. The van der Waals surface area contributed by atoms with Gasteiger partial charge in [-0.2, -0.15) is 0 Å². The fourth-order valence-corrected chi connectivity index (χ4v) is 2.55. The van der Waals surface area contributed by atoms with Crippen LogP contribution in [-0.4, -0.2) is 22.6 Å². The van der Waals surface area contributed by atoms with E-state index < -0.39 is 0 Å². The van der Waals surface area contributed by atoms with Crippen LogP contribution in [0.4, 0.5) is 10.8 Å². The van der Waals surface area contributed by atoms with Crippen molar-refractivity contribution in [2.24, 2.45) is 0 Å². The van der Waals surface area contributed by atoms with Gasteiger partial charge in [-0.1, -0.05) is 11.3 Å². The maximum absolute atomic E-state index is 12.0. The predicted molar refractivity (Wildman–Crippen MR) is 71.2 cm³/mol. The smallest absolute Gasteiger partial charge is 0.257 e. The summed E-state index contributed by atoms with van der Waals surface area (Å²) in [6, 6.07) is 5.70. The molecule has 2 aromatic rings. The van der Waals surface area contributed by atoms with Crippen LogP contribution in [0.1, 0.15) is 20.9 Å². The summed E-state index contributed by atoms with van der Waals surface area (Å²) in [4.78, 5) is 12.0. The van der Waals surface area contributed by atoms with Gasteiger partial charge in [0.25, 0.3) is 5.91 Å². The van der Waals surface area contributed by atoms with Crippen LogP contribution in [0.15, 0.2) is 18.2 Å². The molecule has 0 atom stereocenters. The Balaban J connectivity index is 1.80. The maximum atomic E-state index is 12.0. The molecule has 0 aliphatic carbocycles. The summed E-state index contributed by atoms with van der Waals surface area (Å²) < 4.78 is 0. The average molecular weight is 260 g/mol. The largest absolute Gasteiger partial charge is 0.384 e. The van der Waals surface area contributed by atoms with Crippen molar-refractivity contribution >= 4 is 28.1 Å². The van der Waals surface area contributed by atoms with Gasteiger partial charge in [-0.25, -0.2) is 0 Å². The van der Waals surface area contributed by atoms with E-state index in [9.17, 15) is 4.79 Å². The van der Waals surface area contributed by atoms with E-state index in [1.165, 1.54) is 16.9 Å². The predicted octanol–water partition coefficient (Wildman–Crippen LogP) is 2.07. The standard InChI is InChI=1S/C12H12N4OS/c1-7-15-16-12(18-7)14-11(17)9-2-3-10-8(6-9)4-5-13-10/h2-3,6,13H,4-5H2,1H3,(H,14,16,17). The van der Waals surface area contributed by atoms with Crippen LogP contribution in [0.3, 0.4) is 0 Å². The molecule has 0 radical (unpaired) electrons. The van der Waals surface area contributed by atoms with Crippen LogP contribution in [-0.2, 0) is 6.42 Å². The van der Waals surface area contributed by atoms with Gasteiger partial charge in [0.1, 0.15) is 5.01 Å². The highest BCUT2D eigenvalue weighted by atomic mass is 32.1. The number of carbonyl (C=O) groups excluding carboxylic acids is 1. The van der Waals surface area contributed by atoms with Gasteiger partial charge in [0, 0.05) is 17.8 Å². The third-order valence-electron chi connectivity index (χ3n) is 2.82. The Morgan fingerprint density at radius 3 is 3.11 bits per heavy atom. The lowest BCUT2D eigenvalue weighted by molar-refractivity contribution is 0.102. The van der Waals surface area contributed by atoms with Gasteiger partial charge >= 0.3 is 0 Å². The van der Waals surface area contributed by atoms with Gasteiger partial charge < -0.3 is 5.32 Å². The highest BCUT2D eigenvalue weighted by molar-refractivity contribution is 7.15. The summed E-state index contributed by atoms with van der Waals surface area (Å²) in [6.07, 6.45) is 0.967. The molecule has 0 saturated carbocycles. The second kappa shape index (κ2) is 4.38. The van der Waals surface area contributed by atoms with Gasteiger partial charge in [0.05, 0.1) is 0 Å². The third kappa shape index (κ3) is 2.06. The van der Waals surface area contributed by atoms with Gasteiger partial charge in [-0.05, 0) is 37.1 Å². The molecule has 1 aromatic heterocycles. The van der Waals surface area contributed by atoms with E-state index in [1.54, 1.807) is 0 Å². The summed E-state index contributed by atoms with van der Waals surface area (Å²) in [7, 11) is 0. The molecule has 1 aliphatic rings. The highest BCUT2D eigenvalue weighted by Crippen LogP contribution is 2.23. The van der Waals surface area contributed by atoms with Crippen molar-refractivity contribution in [3.8, 4) is 0 Å². The molecule has 1 aliphatic heterocycles. The number of anilines is 2. The number of carbonyl (C=O) groups is 1. The molecule has 1 aromatic carbocycles. The molecule has 0 saturated heterocycles. The monoisotopic (exact) mass is 260 g/mol. The molecule has 0 bridgehead atoms. The Morgan fingerprint density at radius 2 is 2.33 bits per heavy atom. The molecule has 2 N–H and O–H groups in total. The highest BCUT2D eigenvalue weighted by Gasteiger charge is 2.14. The fraction of sp³-hybridized carbons (Fsp3) is 0.250. The van der Waals surface area contributed by atoms with Crippen LogP contribution in [0.5, 0.6) is 0 Å². The minimum Gasteiger partial charge on any atom is -0.384 e. The Morgan fingerprint density at radius 1 is 1.44 bits per heavy atom. The van der Waals surface area contributed by atoms with Gasteiger partial charge in [0.2, 0.25) is 5.13 Å². The van der Waals surface area contributed by atoms with Crippen LogP contribution < -0.4 is 10.6 Å². The summed E-state index contributed by atoms with van der Waals surface area (Å²) in [5.74, 6) is -0.138. The van der Waals surface area contributed by atoms with Crippen LogP contribution in [0.25, 0.3) is 0 Å². The zero-order valence-corrected chi connectivity index (χ0v) is 10.7. The lowest BCUT2D eigenvalue weighted by Gasteiger charge is -2.04. The molecule has 1 amide bonds. The SMILES string of the molecule is Cc1nnc(NC(=O)c2ccc3c(c2)CCN3)s1. The van der Waals surface area contributed by atoms with Crippen molar-refractivity contribution in [1.82, 2.24) is 10.2 Å². The Bertz CT molecular complexity index is 608. The number of rotatable bonds is 2.